The van der Waals surface area contributed by atoms with Crippen LogP contribution in [0.3, 0.4) is 0 Å². The van der Waals surface area contributed by atoms with E-state index in [1.54, 1.807) is 4.90 Å². The van der Waals surface area contributed by atoms with Crippen molar-refractivity contribution >= 4 is 17.8 Å². The van der Waals surface area contributed by atoms with Gasteiger partial charge in [-0.05, 0) is 19.3 Å². The molecule has 4 N–H and O–H groups in total. The molecule has 1 aromatic heterocycles. The fourth-order valence-electron chi connectivity index (χ4n) is 3.51. The molecule has 0 radical (unpaired) electrons. The van der Waals surface area contributed by atoms with Crippen molar-refractivity contribution < 1.29 is 9.59 Å². The molecule has 0 aliphatic carbocycles. The lowest BCUT2D eigenvalue weighted by atomic mass is 9.77. The highest BCUT2D eigenvalue weighted by atomic mass is 16.2. The number of likely N-dealkylation sites (tertiary alicyclic amines) is 1. The normalized spacial score (nSPS) is 20.0. The minimum atomic E-state index is -0.671. The third kappa shape index (κ3) is 3.24. The van der Waals surface area contributed by atoms with Crippen molar-refractivity contribution in [1.82, 2.24) is 14.9 Å². The molecule has 26 heavy (non-hydrogen) atoms. The highest BCUT2D eigenvalue weighted by molar-refractivity contribution is 6.00. The first-order valence-electron chi connectivity index (χ1n) is 8.74. The number of nitrogens with two attached hydrogens (primary N) is 2. The number of rotatable bonds is 4. The molecule has 7 heteroatoms. The van der Waals surface area contributed by atoms with Gasteiger partial charge in [-0.25, -0.2) is 9.97 Å². The summed E-state index contributed by atoms with van der Waals surface area (Å²) in [6, 6.07) is 9.38. The number of benzene rings is 1. The van der Waals surface area contributed by atoms with Crippen LogP contribution in [0.4, 0.5) is 5.95 Å². The molecule has 0 unspecified atom stereocenters. The van der Waals surface area contributed by atoms with Crippen LogP contribution in [-0.4, -0.2) is 39.8 Å². The van der Waals surface area contributed by atoms with Gasteiger partial charge in [0.15, 0.2) is 0 Å². The summed E-state index contributed by atoms with van der Waals surface area (Å²) in [6.07, 6.45) is 3.50. The third-order valence-electron chi connectivity index (χ3n) is 5.15. The Morgan fingerprint density at radius 1 is 1.27 bits per heavy atom. The van der Waals surface area contributed by atoms with Gasteiger partial charge in [0.05, 0.1) is 16.7 Å². The zero-order chi connectivity index (χ0) is 18.7. The van der Waals surface area contributed by atoms with Crippen LogP contribution in [0.2, 0.25) is 0 Å². The standard InChI is InChI=1S/C19H23N5O2/c1-2-19(17(20)26)9-6-10-24(12-19)16(25)14-11-22-18(21)23-15(14)13-7-4-3-5-8-13/h3-5,7-8,11H,2,6,9-10,12H2,1H3,(H2,20,26)(H2,21,22,23)/t19-/m1/s1. The fraction of sp³-hybridized carbons (Fsp3) is 0.368. The number of primary amides is 1. The Morgan fingerprint density at radius 2 is 2.00 bits per heavy atom. The van der Waals surface area contributed by atoms with Crippen molar-refractivity contribution in [2.24, 2.45) is 11.1 Å². The number of carbonyl (C=O) groups is 2. The SMILES string of the molecule is CC[C@@]1(C(N)=O)CCCN(C(=O)c2cnc(N)nc2-c2ccccc2)C1. The molecule has 3 rings (SSSR count). The molecule has 2 aromatic rings. The molecule has 0 bridgehead atoms. The minimum Gasteiger partial charge on any atom is -0.369 e. The quantitative estimate of drug-likeness (QED) is 0.870. The predicted octanol–water partition coefficient (Wildman–Crippen LogP) is 1.84. The maximum absolute atomic E-state index is 13.2. The molecular formula is C19H23N5O2. The molecule has 2 heterocycles. The van der Waals surface area contributed by atoms with Crippen LogP contribution >= 0.6 is 0 Å². The Morgan fingerprint density at radius 3 is 2.65 bits per heavy atom. The van der Waals surface area contributed by atoms with Gasteiger partial charge in [-0.1, -0.05) is 37.3 Å². The van der Waals surface area contributed by atoms with Crippen LogP contribution in [0.15, 0.2) is 36.5 Å². The van der Waals surface area contributed by atoms with E-state index in [1.807, 2.05) is 37.3 Å². The van der Waals surface area contributed by atoms with E-state index >= 15 is 0 Å². The number of hydrogen-bond acceptors (Lipinski definition) is 5. The molecule has 0 spiro atoms. The number of nitrogen functional groups attached to an aromatic ring is 1. The van der Waals surface area contributed by atoms with Crippen molar-refractivity contribution in [1.29, 1.82) is 0 Å². The topological polar surface area (TPSA) is 115 Å². The van der Waals surface area contributed by atoms with Crippen LogP contribution in [0.1, 0.15) is 36.5 Å². The maximum atomic E-state index is 13.2. The van der Waals surface area contributed by atoms with Gasteiger partial charge in [0, 0.05) is 24.8 Å². The lowest BCUT2D eigenvalue weighted by Gasteiger charge is -2.40. The second-order valence-electron chi connectivity index (χ2n) is 6.68. The first-order chi connectivity index (χ1) is 12.5. The van der Waals surface area contributed by atoms with Gasteiger partial charge < -0.3 is 16.4 Å². The second-order valence-corrected chi connectivity index (χ2v) is 6.68. The van der Waals surface area contributed by atoms with E-state index in [9.17, 15) is 9.59 Å². The molecule has 1 fully saturated rings. The Bertz CT molecular complexity index is 824. The fourth-order valence-corrected chi connectivity index (χ4v) is 3.51. The summed E-state index contributed by atoms with van der Waals surface area (Å²) in [6.45, 7) is 2.82. The summed E-state index contributed by atoms with van der Waals surface area (Å²) in [5, 5.41) is 0. The summed E-state index contributed by atoms with van der Waals surface area (Å²) < 4.78 is 0. The Hall–Kier alpha value is -2.96. The smallest absolute Gasteiger partial charge is 0.257 e. The van der Waals surface area contributed by atoms with E-state index in [0.717, 1.165) is 12.0 Å². The van der Waals surface area contributed by atoms with E-state index < -0.39 is 5.41 Å². The summed E-state index contributed by atoms with van der Waals surface area (Å²) in [7, 11) is 0. The van der Waals surface area contributed by atoms with Gasteiger partial charge >= 0.3 is 0 Å². The minimum absolute atomic E-state index is 0.110. The van der Waals surface area contributed by atoms with E-state index in [1.165, 1.54) is 6.20 Å². The van der Waals surface area contributed by atoms with Crippen molar-refractivity contribution in [3.63, 3.8) is 0 Å². The number of piperidine rings is 1. The van der Waals surface area contributed by atoms with E-state index in [0.29, 0.717) is 37.2 Å². The Labute approximate surface area is 152 Å². The number of hydrogen-bond donors (Lipinski definition) is 2. The van der Waals surface area contributed by atoms with E-state index in [-0.39, 0.29) is 17.8 Å². The second kappa shape index (κ2) is 7.11. The Kier molecular flexibility index (Phi) is 4.88. The number of nitrogens with zero attached hydrogens (tertiary/aromatic N) is 3. The molecule has 2 amide bonds. The highest BCUT2D eigenvalue weighted by Crippen LogP contribution is 2.34. The van der Waals surface area contributed by atoms with Gasteiger partial charge in [0.1, 0.15) is 0 Å². The van der Waals surface area contributed by atoms with Crippen LogP contribution in [0, 0.1) is 5.41 Å². The maximum Gasteiger partial charge on any atom is 0.257 e. The summed E-state index contributed by atoms with van der Waals surface area (Å²) in [5.41, 5.74) is 12.4. The highest BCUT2D eigenvalue weighted by Gasteiger charge is 2.41. The summed E-state index contributed by atoms with van der Waals surface area (Å²) in [4.78, 5) is 35.1. The largest absolute Gasteiger partial charge is 0.369 e. The van der Waals surface area contributed by atoms with Gasteiger partial charge in [-0.3, -0.25) is 9.59 Å². The van der Waals surface area contributed by atoms with Crippen molar-refractivity contribution in [2.45, 2.75) is 26.2 Å². The Balaban J connectivity index is 1.97. The molecule has 1 aliphatic rings. The average molecular weight is 353 g/mol. The first-order valence-corrected chi connectivity index (χ1v) is 8.74. The van der Waals surface area contributed by atoms with Gasteiger partial charge in [-0.2, -0.15) is 0 Å². The van der Waals surface area contributed by atoms with Crippen molar-refractivity contribution in [3.8, 4) is 11.3 Å². The van der Waals surface area contributed by atoms with Crippen LogP contribution in [0.5, 0.6) is 0 Å². The van der Waals surface area contributed by atoms with E-state index in [2.05, 4.69) is 9.97 Å². The average Bonchev–Trinajstić information content (AvgIpc) is 2.68. The predicted molar refractivity (Wildman–Crippen MR) is 98.9 cm³/mol. The number of amides is 2. The van der Waals surface area contributed by atoms with Gasteiger partial charge in [0.2, 0.25) is 11.9 Å². The number of anilines is 1. The molecular weight excluding hydrogens is 330 g/mol. The molecule has 1 aliphatic heterocycles. The van der Waals surface area contributed by atoms with Gasteiger partial charge in [0.25, 0.3) is 5.91 Å². The van der Waals surface area contributed by atoms with E-state index in [4.69, 9.17) is 11.5 Å². The number of carbonyl (C=O) groups excluding carboxylic acids is 2. The first kappa shape index (κ1) is 17.8. The molecule has 7 nitrogen and oxygen atoms in total. The molecule has 0 saturated carbocycles. The van der Waals surface area contributed by atoms with Crippen LogP contribution < -0.4 is 11.5 Å². The van der Waals surface area contributed by atoms with Crippen molar-refractivity contribution in [3.05, 3.63) is 42.1 Å². The van der Waals surface area contributed by atoms with Crippen molar-refractivity contribution in [2.75, 3.05) is 18.8 Å². The van der Waals surface area contributed by atoms with Crippen LogP contribution in [0.25, 0.3) is 11.3 Å². The zero-order valence-corrected chi connectivity index (χ0v) is 14.8. The zero-order valence-electron chi connectivity index (χ0n) is 14.8. The third-order valence-corrected chi connectivity index (χ3v) is 5.15. The lowest BCUT2D eigenvalue weighted by Crippen LogP contribution is -2.52. The molecule has 1 saturated heterocycles. The van der Waals surface area contributed by atoms with Crippen LogP contribution in [-0.2, 0) is 4.79 Å². The molecule has 1 atom stereocenters. The summed E-state index contributed by atoms with van der Waals surface area (Å²) in [5.74, 6) is -0.448. The summed E-state index contributed by atoms with van der Waals surface area (Å²) >= 11 is 0. The molecule has 1 aromatic carbocycles. The number of aromatic nitrogens is 2. The molecule has 136 valence electrons. The monoisotopic (exact) mass is 353 g/mol. The van der Waals surface area contributed by atoms with Gasteiger partial charge in [-0.15, -0.1) is 0 Å². The lowest BCUT2D eigenvalue weighted by molar-refractivity contribution is -0.130.